The van der Waals surface area contributed by atoms with Crippen molar-refractivity contribution in [3.63, 3.8) is 0 Å². The molecule has 5 nitrogen and oxygen atoms in total. The van der Waals surface area contributed by atoms with Gasteiger partial charge in [0, 0.05) is 13.1 Å². The molecule has 0 radical (unpaired) electrons. The monoisotopic (exact) mass is 351 g/mol. The fraction of sp³-hybridized carbons (Fsp3) is 0.438. The molecule has 1 N–H and O–H groups in total. The minimum atomic E-state index is -0.326. The first-order chi connectivity index (χ1) is 10.9. The molecule has 0 bridgehead atoms. The smallest absolute Gasteiger partial charge is 0.272 e. The normalized spacial score (nSPS) is 12.5. The lowest BCUT2D eigenvalue weighted by atomic mass is 10.2. The van der Waals surface area contributed by atoms with Crippen LogP contribution in [0.5, 0.6) is 0 Å². The predicted octanol–water partition coefficient (Wildman–Crippen LogP) is 2.90. The first-order valence-corrected chi connectivity index (χ1v) is 9.23. The molecule has 2 aromatic heterocycles. The van der Waals surface area contributed by atoms with Gasteiger partial charge in [-0.05, 0) is 24.3 Å². The Morgan fingerprint density at radius 1 is 1.52 bits per heavy atom. The van der Waals surface area contributed by atoms with E-state index in [4.69, 9.17) is 0 Å². The Hall–Kier alpha value is -1.60. The molecule has 1 atom stereocenters. The zero-order chi connectivity index (χ0) is 17.0. The van der Waals surface area contributed by atoms with E-state index in [9.17, 15) is 9.59 Å². The van der Waals surface area contributed by atoms with Gasteiger partial charge < -0.3 is 5.32 Å². The van der Waals surface area contributed by atoms with Crippen LogP contribution in [0.1, 0.15) is 20.8 Å². The zero-order valence-electron chi connectivity index (χ0n) is 13.5. The van der Waals surface area contributed by atoms with E-state index >= 15 is 0 Å². The average molecular weight is 351 g/mol. The summed E-state index contributed by atoms with van der Waals surface area (Å²) in [7, 11) is 0. The van der Waals surface area contributed by atoms with Crippen LogP contribution in [0.15, 0.2) is 34.1 Å². The fourth-order valence-corrected chi connectivity index (χ4v) is 3.68. The molecule has 0 saturated heterocycles. The maximum atomic E-state index is 12.5. The van der Waals surface area contributed by atoms with Crippen molar-refractivity contribution in [2.45, 2.75) is 37.7 Å². The third-order valence-corrected chi connectivity index (χ3v) is 5.16. The first-order valence-electron chi connectivity index (χ1n) is 7.47. The molecule has 0 aliphatic rings. The Bertz CT molecular complexity index is 764. The largest absolute Gasteiger partial charge is 0.355 e. The third-order valence-electron chi connectivity index (χ3n) is 3.18. The summed E-state index contributed by atoms with van der Waals surface area (Å²) in [5.74, 6) is 0.351. The highest BCUT2D eigenvalue weighted by molar-refractivity contribution is 8.00. The maximum Gasteiger partial charge on any atom is 0.272 e. The molecule has 0 saturated carbocycles. The van der Waals surface area contributed by atoms with Crippen molar-refractivity contribution in [1.82, 2.24) is 14.9 Å². The number of carbonyl (C=O) groups excluding carboxylic acids is 1. The van der Waals surface area contributed by atoms with E-state index in [1.807, 2.05) is 32.2 Å². The molecule has 0 aromatic carbocycles. The summed E-state index contributed by atoms with van der Waals surface area (Å²) in [5, 5.41) is 4.98. The number of thiophene rings is 1. The van der Waals surface area contributed by atoms with Crippen molar-refractivity contribution in [3.05, 3.63) is 34.5 Å². The Balaban J connectivity index is 2.27. The van der Waals surface area contributed by atoms with E-state index in [1.165, 1.54) is 23.1 Å². The number of carbonyl (C=O) groups is 1. The van der Waals surface area contributed by atoms with E-state index in [0.29, 0.717) is 34.4 Å². The summed E-state index contributed by atoms with van der Waals surface area (Å²) in [5.41, 5.74) is 0.597. The highest BCUT2D eigenvalue weighted by Gasteiger charge is 2.19. The minimum absolute atomic E-state index is 0.0477. The van der Waals surface area contributed by atoms with E-state index in [2.05, 4.69) is 16.9 Å². The van der Waals surface area contributed by atoms with Crippen LogP contribution in [0.2, 0.25) is 0 Å². The number of amides is 1. The Kier molecular flexibility index (Phi) is 6.01. The molecule has 2 aromatic rings. The molecule has 0 aliphatic carbocycles. The maximum absolute atomic E-state index is 12.5. The van der Waals surface area contributed by atoms with Gasteiger partial charge in [0.25, 0.3) is 5.56 Å². The molecule has 2 heterocycles. The van der Waals surface area contributed by atoms with Gasteiger partial charge in [-0.2, -0.15) is 0 Å². The van der Waals surface area contributed by atoms with Crippen molar-refractivity contribution in [2.75, 3.05) is 6.54 Å². The summed E-state index contributed by atoms with van der Waals surface area (Å²) in [6, 6.07) is 1.83. The molecule has 0 fully saturated rings. The third kappa shape index (κ3) is 4.23. The molecular formula is C16H21N3O2S2. The van der Waals surface area contributed by atoms with Crippen LogP contribution >= 0.6 is 23.1 Å². The highest BCUT2D eigenvalue weighted by Crippen LogP contribution is 2.24. The van der Waals surface area contributed by atoms with Crippen LogP contribution in [0.25, 0.3) is 10.2 Å². The second kappa shape index (κ2) is 7.79. The SMILES string of the molecule is C=CCn1c(SC(C)C(=O)NCC(C)C)nc2ccsc2c1=O. The van der Waals surface area contributed by atoms with Crippen molar-refractivity contribution in [3.8, 4) is 0 Å². The van der Waals surface area contributed by atoms with Crippen molar-refractivity contribution < 1.29 is 4.79 Å². The Morgan fingerprint density at radius 3 is 2.91 bits per heavy atom. The van der Waals surface area contributed by atoms with Crippen LogP contribution in [0, 0.1) is 5.92 Å². The number of allylic oxidation sites excluding steroid dienone is 1. The number of nitrogens with one attached hydrogen (secondary N) is 1. The number of nitrogens with zero attached hydrogens (tertiary/aromatic N) is 2. The average Bonchev–Trinajstić information content (AvgIpc) is 2.97. The predicted molar refractivity (Wildman–Crippen MR) is 97.2 cm³/mol. The Morgan fingerprint density at radius 2 is 2.26 bits per heavy atom. The van der Waals surface area contributed by atoms with Crippen molar-refractivity contribution in [2.24, 2.45) is 5.92 Å². The van der Waals surface area contributed by atoms with Gasteiger partial charge in [-0.1, -0.05) is 31.7 Å². The van der Waals surface area contributed by atoms with Crippen LogP contribution in [0.4, 0.5) is 0 Å². The summed E-state index contributed by atoms with van der Waals surface area (Å²) in [6.45, 7) is 10.6. The molecule has 23 heavy (non-hydrogen) atoms. The Labute approximate surface area is 143 Å². The van der Waals surface area contributed by atoms with Gasteiger partial charge in [-0.25, -0.2) is 4.98 Å². The number of thioether (sulfide) groups is 1. The minimum Gasteiger partial charge on any atom is -0.355 e. The topological polar surface area (TPSA) is 64.0 Å². The lowest BCUT2D eigenvalue weighted by Crippen LogP contribution is -2.34. The van der Waals surface area contributed by atoms with Crippen molar-refractivity contribution >= 4 is 39.2 Å². The number of rotatable bonds is 7. The molecule has 1 amide bonds. The quantitative estimate of drug-likeness (QED) is 0.473. The summed E-state index contributed by atoms with van der Waals surface area (Å²) in [4.78, 5) is 29.2. The van der Waals surface area contributed by atoms with Crippen LogP contribution in [0.3, 0.4) is 0 Å². The number of fused-ring (bicyclic) bond motifs is 1. The molecule has 0 aliphatic heterocycles. The van der Waals surface area contributed by atoms with Gasteiger partial charge >= 0.3 is 0 Å². The molecule has 0 spiro atoms. The van der Waals surface area contributed by atoms with E-state index in [1.54, 1.807) is 10.6 Å². The lowest BCUT2D eigenvalue weighted by Gasteiger charge is -2.15. The standard InChI is InChI=1S/C16H21N3O2S2/c1-5-7-19-15(21)13-12(6-8-22-13)18-16(19)23-11(4)14(20)17-9-10(2)3/h5-6,8,10-11H,1,7,9H2,2-4H3,(H,17,20). The van der Waals surface area contributed by atoms with Crippen LogP contribution < -0.4 is 10.9 Å². The van der Waals surface area contributed by atoms with Crippen LogP contribution in [-0.4, -0.2) is 27.3 Å². The van der Waals surface area contributed by atoms with Gasteiger partial charge in [0.1, 0.15) is 4.70 Å². The highest BCUT2D eigenvalue weighted by atomic mass is 32.2. The first kappa shape index (κ1) is 17.7. The number of hydrogen-bond donors (Lipinski definition) is 1. The lowest BCUT2D eigenvalue weighted by molar-refractivity contribution is -0.120. The van der Waals surface area contributed by atoms with Gasteiger partial charge in [-0.3, -0.25) is 14.2 Å². The van der Waals surface area contributed by atoms with Crippen LogP contribution in [-0.2, 0) is 11.3 Å². The summed E-state index contributed by atoms with van der Waals surface area (Å²) < 4.78 is 2.20. The molecule has 7 heteroatoms. The zero-order valence-corrected chi connectivity index (χ0v) is 15.2. The number of aromatic nitrogens is 2. The van der Waals surface area contributed by atoms with Crippen molar-refractivity contribution in [1.29, 1.82) is 0 Å². The van der Waals surface area contributed by atoms with E-state index in [-0.39, 0.29) is 16.7 Å². The molecule has 2 rings (SSSR count). The van der Waals surface area contributed by atoms with Gasteiger partial charge in [0.2, 0.25) is 5.91 Å². The fourth-order valence-electron chi connectivity index (χ4n) is 1.96. The van der Waals surface area contributed by atoms with Gasteiger partial charge in [0.05, 0.1) is 10.8 Å². The molecule has 1 unspecified atom stereocenters. The summed E-state index contributed by atoms with van der Waals surface area (Å²) >= 11 is 2.68. The second-order valence-corrected chi connectivity index (χ2v) is 7.86. The molecule has 124 valence electrons. The van der Waals surface area contributed by atoms with E-state index < -0.39 is 0 Å². The summed E-state index contributed by atoms with van der Waals surface area (Å²) in [6.07, 6.45) is 1.66. The van der Waals surface area contributed by atoms with Gasteiger partial charge in [0.15, 0.2) is 5.16 Å². The van der Waals surface area contributed by atoms with E-state index in [0.717, 1.165) is 0 Å². The molecular weight excluding hydrogens is 330 g/mol. The number of hydrogen-bond acceptors (Lipinski definition) is 5. The van der Waals surface area contributed by atoms with Gasteiger partial charge in [-0.15, -0.1) is 17.9 Å². The second-order valence-electron chi connectivity index (χ2n) is 5.63.